The Labute approximate surface area is 148 Å². The molecule has 1 aromatic carbocycles. The van der Waals surface area contributed by atoms with Crippen molar-refractivity contribution in [3.63, 3.8) is 0 Å². The van der Waals surface area contributed by atoms with Gasteiger partial charge in [-0.25, -0.2) is 14.6 Å². The van der Waals surface area contributed by atoms with Gasteiger partial charge < -0.3 is 15.2 Å². The Hall–Kier alpha value is -2.57. The summed E-state index contributed by atoms with van der Waals surface area (Å²) in [6.45, 7) is 10.4. The highest BCUT2D eigenvalue weighted by molar-refractivity contribution is 6.07. The first-order valence-electron chi connectivity index (χ1n) is 7.99. The highest BCUT2D eigenvalue weighted by Gasteiger charge is 2.33. The fourth-order valence-electron chi connectivity index (χ4n) is 1.70. The van der Waals surface area contributed by atoms with Gasteiger partial charge in [-0.05, 0) is 47.1 Å². The van der Waals surface area contributed by atoms with Gasteiger partial charge in [-0.2, -0.15) is 0 Å². The van der Waals surface area contributed by atoms with Crippen LogP contribution in [0.5, 0.6) is 0 Å². The van der Waals surface area contributed by atoms with Crippen molar-refractivity contribution in [2.75, 3.05) is 0 Å². The number of carbonyl (C=O) groups is 2. The largest absolute Gasteiger partial charge is 0.443 e. The molecule has 7 nitrogen and oxygen atoms in total. The zero-order valence-corrected chi connectivity index (χ0v) is 15.7. The lowest BCUT2D eigenvalue weighted by Crippen LogP contribution is -2.50. The van der Waals surface area contributed by atoms with E-state index in [9.17, 15) is 9.59 Å². The van der Waals surface area contributed by atoms with E-state index in [0.29, 0.717) is 4.90 Å². The lowest BCUT2D eigenvalue weighted by molar-refractivity contribution is 0.0145. The summed E-state index contributed by atoms with van der Waals surface area (Å²) >= 11 is 0. The molecule has 1 aromatic rings. The molecule has 0 saturated carbocycles. The number of ether oxygens (including phenoxy) is 2. The van der Waals surface area contributed by atoms with Gasteiger partial charge in [0.05, 0.1) is 6.54 Å². The van der Waals surface area contributed by atoms with Crippen LogP contribution in [0.25, 0.3) is 0 Å². The van der Waals surface area contributed by atoms with Crippen molar-refractivity contribution in [2.45, 2.75) is 59.3 Å². The van der Waals surface area contributed by atoms with E-state index < -0.39 is 23.4 Å². The van der Waals surface area contributed by atoms with Gasteiger partial charge in [0, 0.05) is 0 Å². The van der Waals surface area contributed by atoms with E-state index >= 15 is 0 Å². The number of aliphatic imine (C=N–C) groups is 1. The molecule has 0 aromatic heterocycles. The monoisotopic (exact) mass is 349 g/mol. The van der Waals surface area contributed by atoms with Gasteiger partial charge in [0.25, 0.3) is 0 Å². The number of hydrogen-bond acceptors (Lipinski definition) is 5. The van der Waals surface area contributed by atoms with Crippen molar-refractivity contribution in [3.05, 3.63) is 35.9 Å². The number of nitrogens with two attached hydrogens (primary N) is 1. The Morgan fingerprint density at radius 1 is 0.960 bits per heavy atom. The van der Waals surface area contributed by atoms with Crippen LogP contribution in [0.4, 0.5) is 9.59 Å². The minimum Gasteiger partial charge on any atom is -0.443 e. The van der Waals surface area contributed by atoms with E-state index in [-0.39, 0.29) is 12.5 Å². The number of nitrogens with zero attached hydrogens (tertiary/aromatic N) is 2. The summed E-state index contributed by atoms with van der Waals surface area (Å²) in [5.74, 6) is -0.285. The van der Waals surface area contributed by atoms with Crippen molar-refractivity contribution in [1.29, 1.82) is 0 Å². The second-order valence-electron chi connectivity index (χ2n) is 7.46. The minimum atomic E-state index is -0.934. The quantitative estimate of drug-likeness (QED) is 0.649. The summed E-state index contributed by atoms with van der Waals surface area (Å²) in [6.07, 6.45) is -1.87. The smallest absolute Gasteiger partial charge is 0.427 e. The number of hydrogen-bond donors (Lipinski definition) is 1. The second kappa shape index (κ2) is 8.00. The normalized spacial score (nSPS) is 12.5. The molecular weight excluding hydrogens is 322 g/mol. The molecule has 1 rings (SSSR count). The molecule has 7 heteroatoms. The molecular formula is C18H27N3O4. The molecule has 138 valence electrons. The minimum absolute atomic E-state index is 0.217. The van der Waals surface area contributed by atoms with Crippen molar-refractivity contribution in [3.8, 4) is 0 Å². The van der Waals surface area contributed by atoms with Crippen LogP contribution in [0.1, 0.15) is 47.1 Å². The maximum Gasteiger partial charge on any atom is 0.427 e. The van der Waals surface area contributed by atoms with Crippen molar-refractivity contribution >= 4 is 18.1 Å². The van der Waals surface area contributed by atoms with Crippen LogP contribution in [0.2, 0.25) is 0 Å². The van der Waals surface area contributed by atoms with Crippen LogP contribution in [-0.2, 0) is 16.0 Å². The van der Waals surface area contributed by atoms with E-state index in [2.05, 4.69) is 4.99 Å². The molecule has 0 fully saturated rings. The Balaban J connectivity index is 3.03. The van der Waals surface area contributed by atoms with Crippen LogP contribution in [-0.4, -0.2) is 34.2 Å². The zero-order chi connectivity index (χ0) is 19.3. The van der Waals surface area contributed by atoms with Crippen LogP contribution in [0, 0.1) is 0 Å². The highest BCUT2D eigenvalue weighted by Crippen LogP contribution is 2.14. The summed E-state index contributed by atoms with van der Waals surface area (Å²) in [6, 6.07) is 9.33. The fourth-order valence-corrected chi connectivity index (χ4v) is 1.70. The first kappa shape index (κ1) is 20.5. The molecule has 0 aliphatic carbocycles. The molecule has 0 unspecified atom stereocenters. The van der Waals surface area contributed by atoms with Gasteiger partial charge in [0.15, 0.2) is 0 Å². The van der Waals surface area contributed by atoms with Crippen LogP contribution >= 0.6 is 0 Å². The molecule has 0 atom stereocenters. The van der Waals surface area contributed by atoms with Gasteiger partial charge in [0.1, 0.15) is 11.2 Å². The molecule has 2 amide bonds. The molecule has 0 heterocycles. The Kier molecular flexibility index (Phi) is 6.55. The first-order valence-corrected chi connectivity index (χ1v) is 7.99. The average molecular weight is 349 g/mol. The third-order valence-electron chi connectivity index (χ3n) is 2.65. The average Bonchev–Trinajstić information content (AvgIpc) is 2.42. The Morgan fingerprint density at radius 2 is 1.40 bits per heavy atom. The van der Waals surface area contributed by atoms with E-state index in [1.165, 1.54) is 0 Å². The third kappa shape index (κ3) is 7.69. The van der Waals surface area contributed by atoms with E-state index in [1.807, 2.05) is 30.3 Å². The van der Waals surface area contributed by atoms with Crippen LogP contribution in [0.15, 0.2) is 35.3 Å². The van der Waals surface area contributed by atoms with Crippen molar-refractivity contribution in [2.24, 2.45) is 10.7 Å². The van der Waals surface area contributed by atoms with Crippen LogP contribution in [0.3, 0.4) is 0 Å². The molecule has 0 radical (unpaired) electrons. The predicted molar refractivity (Wildman–Crippen MR) is 96.1 cm³/mol. The molecule has 25 heavy (non-hydrogen) atoms. The first-order chi connectivity index (χ1) is 11.4. The number of benzene rings is 1. The third-order valence-corrected chi connectivity index (χ3v) is 2.65. The lowest BCUT2D eigenvalue weighted by atomic mass is 10.2. The summed E-state index contributed by atoms with van der Waals surface area (Å²) in [5.41, 5.74) is 5.18. The number of rotatable bonds is 2. The van der Waals surface area contributed by atoms with Crippen molar-refractivity contribution in [1.82, 2.24) is 4.90 Å². The Morgan fingerprint density at radius 3 is 1.80 bits per heavy atom. The van der Waals surface area contributed by atoms with E-state index in [0.717, 1.165) is 5.56 Å². The highest BCUT2D eigenvalue weighted by atomic mass is 16.6. The van der Waals surface area contributed by atoms with Gasteiger partial charge in [0.2, 0.25) is 5.96 Å². The lowest BCUT2D eigenvalue weighted by Gasteiger charge is -2.27. The summed E-state index contributed by atoms with van der Waals surface area (Å²) in [5, 5.41) is 0. The molecule has 2 N–H and O–H groups in total. The van der Waals surface area contributed by atoms with Crippen molar-refractivity contribution < 1.29 is 19.1 Å². The van der Waals surface area contributed by atoms with Gasteiger partial charge in [-0.3, -0.25) is 0 Å². The fraction of sp³-hybridized carbons (Fsp3) is 0.500. The maximum absolute atomic E-state index is 12.4. The van der Waals surface area contributed by atoms with Gasteiger partial charge in [-0.1, -0.05) is 30.3 Å². The van der Waals surface area contributed by atoms with E-state index in [4.69, 9.17) is 15.2 Å². The molecule has 0 aliphatic heterocycles. The number of carbonyl (C=O) groups excluding carboxylic acids is 2. The van der Waals surface area contributed by atoms with Crippen LogP contribution < -0.4 is 5.73 Å². The maximum atomic E-state index is 12.4. The molecule has 0 aliphatic rings. The SMILES string of the molecule is CC(C)(C)OC(=O)N(C(=O)OC(C)(C)C)C(N)=NCc1ccccc1. The van der Waals surface area contributed by atoms with E-state index in [1.54, 1.807) is 41.5 Å². The standard InChI is InChI=1S/C18H27N3O4/c1-17(2,3)24-15(22)21(16(23)25-18(4,5)6)14(19)20-12-13-10-8-7-9-11-13/h7-11H,12H2,1-6H3,(H2,19,20). The summed E-state index contributed by atoms with van der Waals surface area (Å²) in [7, 11) is 0. The topological polar surface area (TPSA) is 94.2 Å². The zero-order valence-electron chi connectivity index (χ0n) is 15.7. The van der Waals surface area contributed by atoms with Gasteiger partial charge in [-0.15, -0.1) is 4.90 Å². The molecule has 0 spiro atoms. The Bertz CT molecular complexity index is 600. The number of imide groups is 1. The number of guanidine groups is 1. The molecule has 0 bridgehead atoms. The predicted octanol–water partition coefficient (Wildman–Crippen LogP) is 3.67. The summed E-state index contributed by atoms with van der Waals surface area (Å²) in [4.78, 5) is 29.5. The number of amides is 2. The van der Waals surface area contributed by atoms with Gasteiger partial charge >= 0.3 is 12.2 Å². The molecule has 0 saturated heterocycles. The summed E-state index contributed by atoms with van der Waals surface area (Å²) < 4.78 is 10.5. The second-order valence-corrected chi connectivity index (χ2v) is 7.46.